The minimum Gasteiger partial charge on any atom is -0.376 e. The maximum atomic E-state index is 5.69. The summed E-state index contributed by atoms with van der Waals surface area (Å²) in [5, 5.41) is 6.84. The van der Waals surface area contributed by atoms with E-state index in [-0.39, 0.29) is 11.6 Å². The minimum atomic E-state index is -0.0479. The molecule has 15 heavy (non-hydrogen) atoms. The number of hydrogen-bond acceptors (Lipinski definition) is 4. The largest absolute Gasteiger partial charge is 0.376 e. The van der Waals surface area contributed by atoms with Gasteiger partial charge in [0.05, 0.1) is 11.6 Å². The molecule has 1 fully saturated rings. The molecule has 0 aliphatic carbocycles. The van der Waals surface area contributed by atoms with Crippen LogP contribution < -0.4 is 5.32 Å². The van der Waals surface area contributed by atoms with E-state index >= 15 is 0 Å². The van der Waals surface area contributed by atoms with Gasteiger partial charge in [0.2, 0.25) is 0 Å². The van der Waals surface area contributed by atoms with Gasteiger partial charge in [-0.25, -0.2) is 4.98 Å². The molecule has 2 heterocycles. The van der Waals surface area contributed by atoms with Gasteiger partial charge in [0.25, 0.3) is 0 Å². The van der Waals surface area contributed by atoms with Crippen molar-refractivity contribution in [2.45, 2.75) is 38.8 Å². The number of aryl methyl sites for hydroxylation is 1. The first kappa shape index (κ1) is 11.0. The van der Waals surface area contributed by atoms with Gasteiger partial charge in [0, 0.05) is 17.7 Å². The summed E-state index contributed by atoms with van der Waals surface area (Å²) < 4.78 is 5.69. The maximum Gasteiger partial charge on any atom is 0.116 e. The lowest BCUT2D eigenvalue weighted by Gasteiger charge is -2.30. The van der Waals surface area contributed by atoms with Crippen LogP contribution in [0, 0.1) is 6.92 Å². The van der Waals surface area contributed by atoms with E-state index in [2.05, 4.69) is 29.5 Å². The summed E-state index contributed by atoms with van der Waals surface area (Å²) in [6, 6.07) is 0. The lowest BCUT2D eigenvalue weighted by atomic mass is 9.92. The van der Waals surface area contributed by atoms with E-state index in [1.54, 1.807) is 11.3 Å². The zero-order valence-corrected chi connectivity index (χ0v) is 10.4. The molecule has 2 atom stereocenters. The summed E-state index contributed by atoms with van der Waals surface area (Å²) in [6.45, 7) is 8.08. The number of rotatable bonds is 3. The number of nitrogens with one attached hydrogen (secondary N) is 1. The number of likely N-dealkylation sites (N-methyl/N-ethyl adjacent to an activating group) is 1. The van der Waals surface area contributed by atoms with Gasteiger partial charge in [0.15, 0.2) is 0 Å². The second-order valence-electron chi connectivity index (χ2n) is 4.06. The Kier molecular flexibility index (Phi) is 3.09. The Morgan fingerprint density at radius 3 is 3.00 bits per heavy atom. The van der Waals surface area contributed by atoms with Crippen LogP contribution in [0.2, 0.25) is 0 Å². The van der Waals surface area contributed by atoms with Gasteiger partial charge >= 0.3 is 0 Å². The van der Waals surface area contributed by atoms with Crippen LogP contribution in [-0.2, 0) is 10.3 Å². The van der Waals surface area contributed by atoms with E-state index in [0.717, 1.165) is 25.3 Å². The molecule has 2 rings (SSSR count). The lowest BCUT2D eigenvalue weighted by molar-refractivity contribution is 0.0825. The van der Waals surface area contributed by atoms with Crippen LogP contribution in [0.25, 0.3) is 0 Å². The van der Waals surface area contributed by atoms with Crippen molar-refractivity contribution in [2.24, 2.45) is 0 Å². The van der Waals surface area contributed by atoms with Gasteiger partial charge in [-0.3, -0.25) is 0 Å². The molecule has 0 radical (unpaired) electrons. The summed E-state index contributed by atoms with van der Waals surface area (Å²) in [6.07, 6.45) is 1.23. The fraction of sp³-hybridized carbons (Fsp3) is 0.727. The number of aromatic nitrogens is 1. The van der Waals surface area contributed by atoms with E-state index in [9.17, 15) is 0 Å². The SMILES string of the molecule is CCNC1(c2nc(C)cs2)CCOC1C. The third kappa shape index (κ3) is 1.82. The van der Waals surface area contributed by atoms with Crippen molar-refractivity contribution in [3.05, 3.63) is 16.1 Å². The van der Waals surface area contributed by atoms with Crippen molar-refractivity contribution in [3.63, 3.8) is 0 Å². The van der Waals surface area contributed by atoms with Crippen LogP contribution in [0.4, 0.5) is 0 Å². The summed E-state index contributed by atoms with van der Waals surface area (Å²) in [4.78, 5) is 4.61. The van der Waals surface area contributed by atoms with Crippen LogP contribution in [-0.4, -0.2) is 24.2 Å². The molecule has 1 saturated heterocycles. The standard InChI is InChI=1S/C11H18N2OS/c1-4-12-11(5-6-14-9(11)3)10-13-8(2)7-15-10/h7,9,12H,4-6H2,1-3H3. The van der Waals surface area contributed by atoms with Gasteiger partial charge in [-0.1, -0.05) is 6.92 Å². The molecule has 3 nitrogen and oxygen atoms in total. The molecular formula is C11H18N2OS. The summed E-state index contributed by atoms with van der Waals surface area (Å²) in [5.41, 5.74) is 1.06. The molecule has 2 unspecified atom stereocenters. The molecule has 0 spiro atoms. The predicted molar refractivity (Wildman–Crippen MR) is 62.2 cm³/mol. The second kappa shape index (κ2) is 4.20. The Morgan fingerprint density at radius 2 is 2.53 bits per heavy atom. The van der Waals surface area contributed by atoms with E-state index in [1.165, 1.54) is 5.01 Å². The van der Waals surface area contributed by atoms with Gasteiger partial charge in [-0.05, 0) is 26.8 Å². The third-order valence-electron chi connectivity index (χ3n) is 3.05. The van der Waals surface area contributed by atoms with Gasteiger partial charge < -0.3 is 10.1 Å². The molecule has 0 bridgehead atoms. The molecule has 1 aliphatic rings. The highest BCUT2D eigenvalue weighted by Crippen LogP contribution is 2.37. The molecule has 1 N–H and O–H groups in total. The molecular weight excluding hydrogens is 208 g/mol. The maximum absolute atomic E-state index is 5.69. The molecule has 84 valence electrons. The second-order valence-corrected chi connectivity index (χ2v) is 4.92. The molecule has 1 aliphatic heterocycles. The smallest absolute Gasteiger partial charge is 0.116 e. The van der Waals surface area contributed by atoms with Gasteiger partial charge in [-0.15, -0.1) is 11.3 Å². The van der Waals surface area contributed by atoms with Crippen LogP contribution in [0.3, 0.4) is 0 Å². The average Bonchev–Trinajstić information content (AvgIpc) is 2.76. The highest BCUT2D eigenvalue weighted by Gasteiger charge is 2.44. The van der Waals surface area contributed by atoms with E-state index in [0.29, 0.717) is 0 Å². The van der Waals surface area contributed by atoms with E-state index in [4.69, 9.17) is 4.74 Å². The van der Waals surface area contributed by atoms with Gasteiger partial charge in [0.1, 0.15) is 5.01 Å². The zero-order valence-electron chi connectivity index (χ0n) is 9.54. The third-order valence-corrected chi connectivity index (χ3v) is 4.19. The molecule has 1 aromatic heterocycles. The van der Waals surface area contributed by atoms with Gasteiger partial charge in [-0.2, -0.15) is 0 Å². The zero-order chi connectivity index (χ0) is 10.9. The quantitative estimate of drug-likeness (QED) is 0.856. The average molecular weight is 226 g/mol. The van der Waals surface area contributed by atoms with Crippen molar-refractivity contribution >= 4 is 11.3 Å². The lowest BCUT2D eigenvalue weighted by Crippen LogP contribution is -2.47. The number of ether oxygens (including phenoxy) is 1. The molecule has 4 heteroatoms. The first-order chi connectivity index (χ1) is 7.19. The Bertz CT molecular complexity index is 339. The topological polar surface area (TPSA) is 34.2 Å². The van der Waals surface area contributed by atoms with E-state index in [1.807, 2.05) is 6.92 Å². The Morgan fingerprint density at radius 1 is 1.73 bits per heavy atom. The minimum absolute atomic E-state index is 0.0479. The van der Waals surface area contributed by atoms with Crippen LogP contribution in [0.1, 0.15) is 31.0 Å². The van der Waals surface area contributed by atoms with Crippen molar-refractivity contribution in [1.82, 2.24) is 10.3 Å². The van der Waals surface area contributed by atoms with Crippen molar-refractivity contribution in [1.29, 1.82) is 0 Å². The summed E-state index contributed by atoms with van der Waals surface area (Å²) >= 11 is 1.74. The Labute approximate surface area is 94.9 Å². The predicted octanol–water partition coefficient (Wildman–Crippen LogP) is 2.07. The normalized spacial score (nSPS) is 31.0. The van der Waals surface area contributed by atoms with Crippen LogP contribution in [0.5, 0.6) is 0 Å². The van der Waals surface area contributed by atoms with Crippen molar-refractivity contribution in [2.75, 3.05) is 13.2 Å². The first-order valence-corrected chi connectivity index (χ1v) is 6.36. The number of hydrogen-bond donors (Lipinski definition) is 1. The Balaban J connectivity index is 2.33. The number of nitrogens with zero attached hydrogens (tertiary/aromatic N) is 1. The number of thiazole rings is 1. The van der Waals surface area contributed by atoms with E-state index < -0.39 is 0 Å². The molecule has 1 aromatic rings. The van der Waals surface area contributed by atoms with Crippen LogP contribution >= 0.6 is 11.3 Å². The van der Waals surface area contributed by atoms with Crippen molar-refractivity contribution in [3.8, 4) is 0 Å². The van der Waals surface area contributed by atoms with Crippen LogP contribution in [0.15, 0.2) is 5.38 Å². The fourth-order valence-corrected chi connectivity index (χ4v) is 3.29. The molecule has 0 saturated carbocycles. The molecule has 0 aromatic carbocycles. The first-order valence-electron chi connectivity index (χ1n) is 5.48. The molecule has 0 amide bonds. The van der Waals surface area contributed by atoms with Crippen molar-refractivity contribution < 1.29 is 4.74 Å². The summed E-state index contributed by atoms with van der Waals surface area (Å²) in [7, 11) is 0. The highest BCUT2D eigenvalue weighted by atomic mass is 32.1. The summed E-state index contributed by atoms with van der Waals surface area (Å²) in [5.74, 6) is 0. The monoisotopic (exact) mass is 226 g/mol. The highest BCUT2D eigenvalue weighted by molar-refractivity contribution is 7.09. The Hall–Kier alpha value is -0.450. The fourth-order valence-electron chi connectivity index (χ4n) is 2.21.